The minimum Gasteiger partial charge on any atom is -0.493 e. The van der Waals surface area contributed by atoms with E-state index in [0.29, 0.717) is 29.1 Å². The lowest BCUT2D eigenvalue weighted by Gasteiger charge is -2.33. The Hall–Kier alpha value is -3.17. The van der Waals surface area contributed by atoms with Gasteiger partial charge in [-0.3, -0.25) is 4.79 Å². The van der Waals surface area contributed by atoms with E-state index in [-0.39, 0.29) is 5.78 Å². The molecule has 0 saturated carbocycles. The van der Waals surface area contributed by atoms with Gasteiger partial charge < -0.3 is 14.8 Å². The van der Waals surface area contributed by atoms with Gasteiger partial charge in [0.1, 0.15) is 0 Å². The second-order valence-corrected chi connectivity index (χ2v) is 8.46. The van der Waals surface area contributed by atoms with E-state index >= 15 is 0 Å². The minimum absolute atomic E-state index is 0.105. The molecule has 1 atom stereocenters. The maximum absolute atomic E-state index is 12.9. The summed E-state index contributed by atoms with van der Waals surface area (Å²) < 4.78 is 10.9. The van der Waals surface area contributed by atoms with Crippen LogP contribution >= 0.6 is 11.8 Å². The number of thioether (sulfide) groups is 1. The first-order valence-electron chi connectivity index (χ1n) is 10.2. The van der Waals surface area contributed by atoms with E-state index in [2.05, 4.69) is 23.5 Å². The number of hydrogen-bond donors (Lipinski definition) is 1. The number of rotatable bonds is 6. The second-order valence-electron chi connectivity index (χ2n) is 7.47. The predicted octanol–water partition coefficient (Wildman–Crippen LogP) is 5.07. The molecule has 0 fully saturated rings. The molecule has 1 aliphatic heterocycles. The minimum atomic E-state index is -0.410. The molecule has 158 valence electrons. The van der Waals surface area contributed by atoms with Gasteiger partial charge in [-0.2, -0.15) is 5.26 Å². The van der Waals surface area contributed by atoms with Crippen LogP contribution in [0.1, 0.15) is 36.3 Å². The van der Waals surface area contributed by atoms with Crippen molar-refractivity contribution in [2.75, 3.05) is 14.2 Å². The van der Waals surface area contributed by atoms with Crippen molar-refractivity contribution in [1.29, 1.82) is 5.26 Å². The third kappa shape index (κ3) is 4.19. The Kier molecular flexibility index (Phi) is 6.34. The lowest BCUT2D eigenvalue weighted by atomic mass is 9.77. The summed E-state index contributed by atoms with van der Waals surface area (Å²) >= 11 is 1.60. The van der Waals surface area contributed by atoms with Crippen molar-refractivity contribution < 1.29 is 14.3 Å². The monoisotopic (exact) mass is 432 g/mol. The molecule has 5 nitrogen and oxygen atoms in total. The lowest BCUT2D eigenvalue weighted by molar-refractivity contribution is -0.116. The summed E-state index contributed by atoms with van der Waals surface area (Å²) in [4.78, 5) is 12.9. The van der Waals surface area contributed by atoms with Crippen LogP contribution in [-0.2, 0) is 10.5 Å². The highest BCUT2D eigenvalue weighted by Gasteiger charge is 2.37. The zero-order valence-corrected chi connectivity index (χ0v) is 18.4. The van der Waals surface area contributed by atoms with E-state index in [4.69, 9.17) is 9.47 Å². The standard InChI is InChI=1S/C25H24N2O3S/c1-29-21-12-11-17(13-22(21)30-2)23-18(14-26)25(31-15-16-7-4-3-5-8-16)27-19-9-6-10-20(28)24(19)23/h3-5,7-8,11-13,23,27H,6,9-10,15H2,1-2H3/t23-/m1/s1. The van der Waals surface area contributed by atoms with Crippen LogP contribution in [0.4, 0.5) is 0 Å². The molecule has 2 aromatic carbocycles. The van der Waals surface area contributed by atoms with Crippen molar-refractivity contribution in [1.82, 2.24) is 5.32 Å². The van der Waals surface area contributed by atoms with Crippen molar-refractivity contribution >= 4 is 17.5 Å². The maximum atomic E-state index is 12.9. The lowest BCUT2D eigenvalue weighted by Crippen LogP contribution is -2.31. The second kappa shape index (κ2) is 9.32. The Balaban J connectivity index is 1.78. The molecule has 1 heterocycles. The Labute approximate surface area is 186 Å². The van der Waals surface area contributed by atoms with Crippen LogP contribution in [0, 0.1) is 11.3 Å². The van der Waals surface area contributed by atoms with Gasteiger partial charge in [0.2, 0.25) is 0 Å². The van der Waals surface area contributed by atoms with Gasteiger partial charge in [-0.15, -0.1) is 11.8 Å². The summed E-state index contributed by atoms with van der Waals surface area (Å²) in [5.41, 5.74) is 4.25. The number of dihydropyridines is 1. The molecule has 6 heteroatoms. The van der Waals surface area contributed by atoms with Gasteiger partial charge in [0.15, 0.2) is 17.3 Å². The van der Waals surface area contributed by atoms with Gasteiger partial charge in [-0.1, -0.05) is 36.4 Å². The SMILES string of the molecule is COc1ccc([C@@H]2C(C#N)=C(SCc3ccccc3)NC3=C2C(=O)CCC3)cc1OC. The molecule has 31 heavy (non-hydrogen) atoms. The molecular formula is C25H24N2O3S. The van der Waals surface area contributed by atoms with E-state index in [1.54, 1.807) is 26.0 Å². The van der Waals surface area contributed by atoms with Gasteiger partial charge >= 0.3 is 0 Å². The average molecular weight is 433 g/mol. The quantitative estimate of drug-likeness (QED) is 0.687. The topological polar surface area (TPSA) is 71.3 Å². The summed E-state index contributed by atoms with van der Waals surface area (Å²) in [5, 5.41) is 14.4. The number of nitrogens with zero attached hydrogens (tertiary/aromatic N) is 1. The van der Waals surface area contributed by atoms with Crippen molar-refractivity contribution in [2.24, 2.45) is 0 Å². The number of benzene rings is 2. The number of Topliss-reactive ketones (excluding diaryl/α,β-unsaturated/α-hetero) is 1. The zero-order valence-electron chi connectivity index (χ0n) is 17.6. The van der Waals surface area contributed by atoms with E-state index in [9.17, 15) is 10.1 Å². The number of carbonyl (C=O) groups is 1. The van der Waals surface area contributed by atoms with Crippen LogP contribution in [0.2, 0.25) is 0 Å². The van der Waals surface area contributed by atoms with Gasteiger partial charge in [0.05, 0.1) is 36.8 Å². The maximum Gasteiger partial charge on any atom is 0.161 e. The summed E-state index contributed by atoms with van der Waals surface area (Å²) in [7, 11) is 3.18. The first kappa shape index (κ1) is 21.1. The molecule has 0 saturated heterocycles. The number of methoxy groups -OCH3 is 2. The van der Waals surface area contributed by atoms with Crippen molar-refractivity contribution in [2.45, 2.75) is 30.9 Å². The summed E-state index contributed by atoms with van der Waals surface area (Å²) in [6.07, 6.45) is 2.14. The summed E-state index contributed by atoms with van der Waals surface area (Å²) in [5.74, 6) is 1.63. The van der Waals surface area contributed by atoms with E-state index in [1.807, 2.05) is 36.4 Å². The van der Waals surface area contributed by atoms with Gasteiger partial charge in [-0.25, -0.2) is 0 Å². The van der Waals surface area contributed by atoms with Crippen LogP contribution in [0.5, 0.6) is 11.5 Å². The Morgan fingerprint density at radius 2 is 1.87 bits per heavy atom. The molecule has 0 amide bonds. The van der Waals surface area contributed by atoms with Crippen molar-refractivity contribution in [3.8, 4) is 17.6 Å². The molecule has 2 aliphatic rings. The van der Waals surface area contributed by atoms with Crippen LogP contribution in [0.3, 0.4) is 0 Å². The van der Waals surface area contributed by atoms with Crippen LogP contribution in [-0.4, -0.2) is 20.0 Å². The fourth-order valence-corrected chi connectivity index (χ4v) is 5.15. The molecule has 1 N–H and O–H groups in total. The Morgan fingerprint density at radius 1 is 1.10 bits per heavy atom. The Bertz CT molecular complexity index is 1100. The highest BCUT2D eigenvalue weighted by atomic mass is 32.2. The number of allylic oxidation sites excluding steroid dienone is 3. The van der Waals surface area contributed by atoms with E-state index < -0.39 is 5.92 Å². The zero-order chi connectivity index (χ0) is 21.8. The number of ketones is 1. The largest absolute Gasteiger partial charge is 0.493 e. The predicted molar refractivity (Wildman–Crippen MR) is 122 cm³/mol. The fourth-order valence-electron chi connectivity index (χ4n) is 4.13. The van der Waals surface area contributed by atoms with Crippen molar-refractivity contribution in [3.05, 3.63) is 81.5 Å². The fraction of sp³-hybridized carbons (Fsp3) is 0.280. The highest BCUT2D eigenvalue weighted by Crippen LogP contribution is 2.45. The van der Waals surface area contributed by atoms with Crippen LogP contribution < -0.4 is 14.8 Å². The van der Waals surface area contributed by atoms with Gasteiger partial charge in [-0.05, 0) is 36.1 Å². The average Bonchev–Trinajstić information content (AvgIpc) is 2.82. The third-order valence-electron chi connectivity index (χ3n) is 5.63. The number of nitrogens with one attached hydrogen (secondary N) is 1. The first-order chi connectivity index (χ1) is 15.2. The van der Waals surface area contributed by atoms with Crippen LogP contribution in [0.25, 0.3) is 0 Å². The molecule has 0 aromatic heterocycles. The molecule has 4 rings (SSSR count). The number of carbonyl (C=O) groups excluding carboxylic acids is 1. The molecule has 1 aliphatic carbocycles. The number of nitriles is 1. The Morgan fingerprint density at radius 3 is 2.58 bits per heavy atom. The van der Waals surface area contributed by atoms with Crippen LogP contribution in [0.15, 0.2) is 70.4 Å². The summed E-state index contributed by atoms with van der Waals surface area (Å²) in [6.45, 7) is 0. The molecule has 0 radical (unpaired) electrons. The molecule has 2 aromatic rings. The van der Waals surface area contributed by atoms with E-state index in [0.717, 1.165) is 34.9 Å². The van der Waals surface area contributed by atoms with Crippen molar-refractivity contribution in [3.63, 3.8) is 0 Å². The molecule has 0 unspecified atom stereocenters. The first-order valence-corrected chi connectivity index (χ1v) is 11.2. The smallest absolute Gasteiger partial charge is 0.161 e. The van der Waals surface area contributed by atoms with Gasteiger partial charge in [0, 0.05) is 23.4 Å². The molecule has 0 bridgehead atoms. The van der Waals surface area contributed by atoms with E-state index in [1.165, 1.54) is 5.56 Å². The van der Waals surface area contributed by atoms with Gasteiger partial charge in [0.25, 0.3) is 0 Å². The highest BCUT2D eigenvalue weighted by molar-refractivity contribution is 8.02. The third-order valence-corrected chi connectivity index (χ3v) is 6.72. The normalized spacial score (nSPS) is 18.2. The molecular weight excluding hydrogens is 408 g/mol. The number of hydrogen-bond acceptors (Lipinski definition) is 6. The molecule has 0 spiro atoms. The summed E-state index contributed by atoms with van der Waals surface area (Å²) in [6, 6.07) is 18.2. The number of ether oxygens (including phenoxy) is 2.